The number of carbonyl (C=O) groups excluding carboxylic acids is 1. The fourth-order valence-electron chi connectivity index (χ4n) is 3.58. The van der Waals surface area contributed by atoms with Crippen LogP contribution in [-0.4, -0.2) is 37.5 Å². The number of fused-ring (bicyclic) bond motifs is 1. The molecule has 0 fully saturated rings. The normalized spacial score (nSPS) is 14.1. The predicted octanol–water partition coefficient (Wildman–Crippen LogP) is 4.86. The standard InChI is InChI=1S/C21H19ClF3N5O/c1-11(2)19-27-16-10-30(9-7-12(16)18(28-19)15-6-8-26-29-15)20(31)13-4-3-5-14(17(13)22)21(23,24)25/h3-6,8,11H,7,9-10H2,1-2H3,(H,26,29). The van der Waals surface area contributed by atoms with Gasteiger partial charge in [0.25, 0.3) is 5.91 Å². The Labute approximate surface area is 181 Å². The molecule has 0 atom stereocenters. The lowest BCUT2D eigenvalue weighted by Gasteiger charge is -2.30. The molecule has 1 aliphatic heterocycles. The van der Waals surface area contributed by atoms with Crippen molar-refractivity contribution in [1.82, 2.24) is 25.1 Å². The predicted molar refractivity (Wildman–Crippen MR) is 109 cm³/mol. The van der Waals surface area contributed by atoms with Crippen LogP contribution in [0.1, 0.15) is 52.8 Å². The van der Waals surface area contributed by atoms with Crippen LogP contribution in [0.3, 0.4) is 0 Å². The third kappa shape index (κ3) is 4.01. The van der Waals surface area contributed by atoms with E-state index in [2.05, 4.69) is 20.2 Å². The van der Waals surface area contributed by atoms with Gasteiger partial charge in [-0.05, 0) is 24.6 Å². The highest BCUT2D eigenvalue weighted by molar-refractivity contribution is 6.34. The molecule has 10 heteroatoms. The molecule has 1 amide bonds. The van der Waals surface area contributed by atoms with Gasteiger partial charge in [-0.15, -0.1) is 0 Å². The first kappa shape index (κ1) is 21.3. The van der Waals surface area contributed by atoms with E-state index in [0.29, 0.717) is 24.5 Å². The van der Waals surface area contributed by atoms with E-state index in [1.165, 1.54) is 17.0 Å². The summed E-state index contributed by atoms with van der Waals surface area (Å²) in [7, 11) is 0. The zero-order chi connectivity index (χ0) is 22.3. The van der Waals surface area contributed by atoms with Crippen molar-refractivity contribution in [1.29, 1.82) is 0 Å². The van der Waals surface area contributed by atoms with Gasteiger partial charge in [0.1, 0.15) is 5.82 Å². The molecule has 1 aromatic carbocycles. The third-order valence-corrected chi connectivity index (χ3v) is 5.58. The fourth-order valence-corrected chi connectivity index (χ4v) is 3.89. The maximum absolute atomic E-state index is 13.2. The molecule has 3 heterocycles. The molecule has 2 aromatic heterocycles. The number of nitrogens with zero attached hydrogens (tertiary/aromatic N) is 4. The van der Waals surface area contributed by atoms with Gasteiger partial charge in [0, 0.05) is 24.2 Å². The van der Waals surface area contributed by atoms with E-state index in [-0.39, 0.29) is 18.0 Å². The fraction of sp³-hybridized carbons (Fsp3) is 0.333. The number of hydrogen-bond donors (Lipinski definition) is 1. The van der Waals surface area contributed by atoms with Crippen molar-refractivity contribution in [2.45, 2.75) is 38.9 Å². The summed E-state index contributed by atoms with van der Waals surface area (Å²) < 4.78 is 39.6. The van der Waals surface area contributed by atoms with Crippen LogP contribution in [0.4, 0.5) is 13.2 Å². The summed E-state index contributed by atoms with van der Waals surface area (Å²) in [5.41, 5.74) is 1.85. The largest absolute Gasteiger partial charge is 0.417 e. The summed E-state index contributed by atoms with van der Waals surface area (Å²) in [6, 6.07) is 5.18. The summed E-state index contributed by atoms with van der Waals surface area (Å²) in [5.74, 6) is 0.111. The van der Waals surface area contributed by atoms with Crippen molar-refractivity contribution < 1.29 is 18.0 Å². The molecule has 162 valence electrons. The van der Waals surface area contributed by atoms with Gasteiger partial charge in [-0.1, -0.05) is 31.5 Å². The van der Waals surface area contributed by atoms with Crippen molar-refractivity contribution in [3.8, 4) is 11.4 Å². The number of hydrogen-bond acceptors (Lipinski definition) is 4. The number of halogens is 4. The van der Waals surface area contributed by atoms with Crippen LogP contribution in [0.5, 0.6) is 0 Å². The molecule has 0 spiro atoms. The van der Waals surface area contributed by atoms with Crippen molar-refractivity contribution in [2.24, 2.45) is 0 Å². The second kappa shape index (κ2) is 7.96. The number of benzene rings is 1. The molecule has 0 aliphatic carbocycles. The molecule has 1 aliphatic rings. The number of H-pyrrole nitrogens is 1. The highest BCUT2D eigenvalue weighted by Gasteiger charge is 2.36. The van der Waals surface area contributed by atoms with Crippen LogP contribution in [0.2, 0.25) is 5.02 Å². The average Bonchev–Trinajstić information content (AvgIpc) is 3.26. The van der Waals surface area contributed by atoms with Gasteiger partial charge in [-0.25, -0.2) is 9.97 Å². The van der Waals surface area contributed by atoms with E-state index >= 15 is 0 Å². The first-order valence-corrected chi connectivity index (χ1v) is 10.1. The zero-order valence-corrected chi connectivity index (χ0v) is 17.6. The molecule has 31 heavy (non-hydrogen) atoms. The summed E-state index contributed by atoms with van der Waals surface area (Å²) in [6.07, 6.45) is -2.54. The molecular weight excluding hydrogens is 431 g/mol. The van der Waals surface area contributed by atoms with Crippen molar-refractivity contribution in [3.63, 3.8) is 0 Å². The second-order valence-corrected chi connectivity index (χ2v) is 8.00. The molecule has 0 unspecified atom stereocenters. The quantitative estimate of drug-likeness (QED) is 0.619. The Morgan fingerprint density at radius 2 is 2.00 bits per heavy atom. The van der Waals surface area contributed by atoms with Gasteiger partial charge < -0.3 is 4.90 Å². The maximum atomic E-state index is 13.2. The number of aromatic amines is 1. The molecule has 6 nitrogen and oxygen atoms in total. The first-order chi connectivity index (χ1) is 14.7. The Kier molecular flexibility index (Phi) is 5.47. The van der Waals surface area contributed by atoms with E-state index in [9.17, 15) is 18.0 Å². The Balaban J connectivity index is 1.70. The Bertz CT molecular complexity index is 1130. The van der Waals surface area contributed by atoms with Gasteiger partial charge in [0.05, 0.1) is 39.8 Å². The Morgan fingerprint density at radius 1 is 1.23 bits per heavy atom. The maximum Gasteiger partial charge on any atom is 0.417 e. The van der Waals surface area contributed by atoms with E-state index in [4.69, 9.17) is 11.6 Å². The number of aromatic nitrogens is 4. The van der Waals surface area contributed by atoms with Gasteiger partial charge in [-0.2, -0.15) is 18.3 Å². The summed E-state index contributed by atoms with van der Waals surface area (Å²) in [5, 5.41) is 6.31. The summed E-state index contributed by atoms with van der Waals surface area (Å²) in [4.78, 5) is 23.8. The topological polar surface area (TPSA) is 74.8 Å². The van der Waals surface area contributed by atoms with E-state index in [1.807, 2.05) is 19.9 Å². The van der Waals surface area contributed by atoms with Crippen molar-refractivity contribution in [3.05, 3.63) is 63.7 Å². The summed E-state index contributed by atoms with van der Waals surface area (Å²) in [6.45, 7) is 4.40. The lowest BCUT2D eigenvalue weighted by Crippen LogP contribution is -2.37. The van der Waals surface area contributed by atoms with Gasteiger partial charge >= 0.3 is 6.18 Å². The summed E-state index contributed by atoms with van der Waals surface area (Å²) >= 11 is 5.96. The highest BCUT2D eigenvalue weighted by atomic mass is 35.5. The Hall–Kier alpha value is -2.94. The number of nitrogens with one attached hydrogen (secondary N) is 1. The SMILES string of the molecule is CC(C)c1nc2c(c(-c3ccn[nH]3)n1)CCN(C(=O)c1cccc(C(F)(F)F)c1Cl)C2. The minimum Gasteiger partial charge on any atom is -0.332 e. The first-order valence-electron chi connectivity index (χ1n) is 9.71. The molecule has 0 bridgehead atoms. The highest BCUT2D eigenvalue weighted by Crippen LogP contribution is 2.37. The third-order valence-electron chi connectivity index (χ3n) is 5.18. The van der Waals surface area contributed by atoms with Crippen LogP contribution >= 0.6 is 11.6 Å². The molecular formula is C21H19ClF3N5O. The monoisotopic (exact) mass is 449 g/mol. The van der Waals surface area contributed by atoms with Crippen LogP contribution in [0.25, 0.3) is 11.4 Å². The van der Waals surface area contributed by atoms with Crippen LogP contribution in [0, 0.1) is 0 Å². The number of rotatable bonds is 3. The zero-order valence-electron chi connectivity index (χ0n) is 16.8. The smallest absolute Gasteiger partial charge is 0.332 e. The van der Waals surface area contributed by atoms with Crippen molar-refractivity contribution in [2.75, 3.05) is 6.54 Å². The van der Waals surface area contributed by atoms with E-state index in [1.54, 1.807) is 6.20 Å². The lowest BCUT2D eigenvalue weighted by atomic mass is 9.99. The van der Waals surface area contributed by atoms with Crippen molar-refractivity contribution >= 4 is 17.5 Å². The number of alkyl halides is 3. The van der Waals surface area contributed by atoms with Crippen LogP contribution in [0.15, 0.2) is 30.5 Å². The minimum absolute atomic E-state index is 0.0518. The Morgan fingerprint density at radius 3 is 2.65 bits per heavy atom. The molecule has 1 N–H and O–H groups in total. The number of carbonyl (C=O) groups is 1. The van der Waals surface area contributed by atoms with E-state index < -0.39 is 22.7 Å². The van der Waals surface area contributed by atoms with Crippen LogP contribution in [-0.2, 0) is 19.1 Å². The molecule has 0 radical (unpaired) electrons. The van der Waals surface area contributed by atoms with Gasteiger partial charge in [-0.3, -0.25) is 9.89 Å². The van der Waals surface area contributed by atoms with Gasteiger partial charge in [0.15, 0.2) is 0 Å². The van der Waals surface area contributed by atoms with Crippen LogP contribution < -0.4 is 0 Å². The second-order valence-electron chi connectivity index (χ2n) is 7.62. The minimum atomic E-state index is -4.64. The van der Waals surface area contributed by atoms with E-state index in [0.717, 1.165) is 23.0 Å². The average molecular weight is 450 g/mol. The molecule has 4 rings (SSSR count). The lowest BCUT2D eigenvalue weighted by molar-refractivity contribution is -0.137. The molecule has 3 aromatic rings. The number of amides is 1. The van der Waals surface area contributed by atoms with Gasteiger partial charge in [0.2, 0.25) is 0 Å². The molecule has 0 saturated carbocycles. The molecule has 0 saturated heterocycles.